The van der Waals surface area contributed by atoms with Crippen LogP contribution in [0.4, 0.5) is 0 Å². The van der Waals surface area contributed by atoms with Crippen LogP contribution >= 0.6 is 0 Å². The van der Waals surface area contributed by atoms with Crippen molar-refractivity contribution in [1.82, 2.24) is 20.0 Å². The van der Waals surface area contributed by atoms with Crippen LogP contribution in [0.2, 0.25) is 0 Å². The minimum absolute atomic E-state index is 0.753. The third kappa shape index (κ3) is 2.83. The van der Waals surface area contributed by atoms with E-state index in [2.05, 4.69) is 63.2 Å². The maximum atomic E-state index is 4.27. The van der Waals surface area contributed by atoms with E-state index >= 15 is 0 Å². The molecular weight excluding hydrogens is 274 g/mol. The van der Waals surface area contributed by atoms with Gasteiger partial charge in [-0.15, -0.1) is 0 Å². The number of hydrogen-bond donors (Lipinski definition) is 1. The molecule has 0 atom stereocenters. The fourth-order valence-corrected chi connectivity index (χ4v) is 2.76. The third-order valence-electron chi connectivity index (χ3n) is 3.53. The molecule has 0 aliphatic rings. The second kappa shape index (κ2) is 5.97. The first-order valence-electron chi connectivity index (χ1n) is 7.23. The van der Waals surface area contributed by atoms with E-state index in [0.29, 0.717) is 0 Å². The maximum absolute atomic E-state index is 4.27. The number of nitrogens with zero attached hydrogens (tertiary/aromatic N) is 4. The molecule has 0 amide bonds. The predicted octanol–water partition coefficient (Wildman–Crippen LogP) is 2.99. The van der Waals surface area contributed by atoms with Crippen LogP contribution in [-0.4, -0.2) is 33.2 Å². The Morgan fingerprint density at radius 3 is 2.68 bits per heavy atom. The lowest BCUT2D eigenvalue weighted by atomic mass is 10.1. The van der Waals surface area contributed by atoms with Crippen LogP contribution in [0.3, 0.4) is 0 Å². The lowest BCUT2D eigenvalue weighted by Gasteiger charge is -2.10. The zero-order valence-electron chi connectivity index (χ0n) is 13.0. The number of nitrogens with one attached hydrogen (secondary N) is 1. The summed E-state index contributed by atoms with van der Waals surface area (Å²) < 4.78 is 2.18. The molecule has 5 heteroatoms. The summed E-state index contributed by atoms with van der Waals surface area (Å²) in [6.07, 6.45) is 3.78. The fourth-order valence-electron chi connectivity index (χ4n) is 2.76. The van der Waals surface area contributed by atoms with Gasteiger partial charge in [0.25, 0.3) is 0 Å². The highest BCUT2D eigenvalue weighted by molar-refractivity contribution is 5.85. The minimum Gasteiger partial charge on any atom is -0.342 e. The van der Waals surface area contributed by atoms with Crippen LogP contribution in [0.15, 0.2) is 41.5 Å². The summed E-state index contributed by atoms with van der Waals surface area (Å²) in [5.74, 6) is 0. The van der Waals surface area contributed by atoms with E-state index in [1.165, 1.54) is 16.7 Å². The van der Waals surface area contributed by atoms with Gasteiger partial charge in [-0.3, -0.25) is 4.99 Å². The molecule has 0 saturated heterocycles. The maximum Gasteiger partial charge on any atom is 0.138 e. The minimum atomic E-state index is 0.753. The second-order valence-electron chi connectivity index (χ2n) is 5.46. The smallest absolute Gasteiger partial charge is 0.138 e. The Hall–Kier alpha value is -2.69. The summed E-state index contributed by atoms with van der Waals surface area (Å²) in [5, 5.41) is 11.1. The van der Waals surface area contributed by atoms with Crippen LogP contribution < -0.4 is 0 Å². The van der Waals surface area contributed by atoms with Gasteiger partial charge in [-0.05, 0) is 31.5 Å². The highest BCUT2D eigenvalue weighted by Gasteiger charge is 2.12. The Kier molecular flexibility index (Phi) is 3.87. The van der Waals surface area contributed by atoms with Crippen molar-refractivity contribution in [2.24, 2.45) is 4.99 Å². The summed E-state index contributed by atoms with van der Waals surface area (Å²) >= 11 is 0. The van der Waals surface area contributed by atoms with E-state index < -0.39 is 0 Å². The largest absolute Gasteiger partial charge is 0.342 e. The van der Waals surface area contributed by atoms with Crippen molar-refractivity contribution in [2.45, 2.75) is 20.4 Å². The van der Waals surface area contributed by atoms with Crippen molar-refractivity contribution in [3.63, 3.8) is 0 Å². The number of hydrogen-bond acceptors (Lipinski definition) is 3. The molecule has 0 unspecified atom stereocenters. The summed E-state index contributed by atoms with van der Waals surface area (Å²) in [6, 6.07) is 10.7. The Balaban J connectivity index is 1.97. The molecule has 0 aliphatic carbocycles. The number of H-pyrrole nitrogens is 1. The van der Waals surface area contributed by atoms with Gasteiger partial charge in [-0.25, -0.2) is 0 Å². The van der Waals surface area contributed by atoms with Crippen molar-refractivity contribution < 1.29 is 0 Å². The number of aliphatic imine (C=N–C) groups is 1. The van der Waals surface area contributed by atoms with Crippen molar-refractivity contribution in [2.75, 3.05) is 7.05 Å². The molecule has 0 fully saturated rings. The molecule has 1 aromatic carbocycles. The molecule has 2 heterocycles. The van der Waals surface area contributed by atoms with Crippen molar-refractivity contribution >= 4 is 6.21 Å². The predicted molar refractivity (Wildman–Crippen MR) is 88.3 cm³/mol. The first kappa shape index (κ1) is 14.3. The van der Waals surface area contributed by atoms with Gasteiger partial charge in [0, 0.05) is 19.8 Å². The first-order chi connectivity index (χ1) is 10.7. The number of aromatic amines is 1. The summed E-state index contributed by atoms with van der Waals surface area (Å²) in [4.78, 5) is 4.03. The van der Waals surface area contributed by atoms with Crippen LogP contribution in [-0.2, 0) is 6.54 Å². The van der Waals surface area contributed by atoms with Crippen molar-refractivity contribution in [1.29, 1.82) is 0 Å². The standard InChI is InChI=1S/C17H19N5/c1-12-7-13(2)9-14(8-12)11-22-6-4-5-16(22)17-15(10-18-3)19-21-20-17/h4-10H,11H2,1-3H3,(H,19,20,21). The average molecular weight is 293 g/mol. The SMILES string of the molecule is CN=Cc1n[nH]nc1-c1cccn1Cc1cc(C)cc(C)c1. The Labute approximate surface area is 129 Å². The second-order valence-corrected chi connectivity index (χ2v) is 5.46. The lowest BCUT2D eigenvalue weighted by molar-refractivity contribution is 0.808. The summed E-state index contributed by atoms with van der Waals surface area (Å²) in [7, 11) is 1.73. The van der Waals surface area contributed by atoms with Gasteiger partial charge in [0.1, 0.15) is 11.4 Å². The van der Waals surface area contributed by atoms with Gasteiger partial charge >= 0.3 is 0 Å². The molecule has 0 aliphatic heterocycles. The molecule has 0 radical (unpaired) electrons. The number of rotatable bonds is 4. The molecule has 112 valence electrons. The van der Waals surface area contributed by atoms with Gasteiger partial charge in [0.2, 0.25) is 0 Å². The highest BCUT2D eigenvalue weighted by atomic mass is 15.3. The van der Waals surface area contributed by atoms with Crippen LogP contribution in [0.25, 0.3) is 11.4 Å². The Morgan fingerprint density at radius 1 is 1.18 bits per heavy atom. The molecule has 1 N–H and O–H groups in total. The van der Waals surface area contributed by atoms with Crippen molar-refractivity contribution in [3.8, 4) is 11.4 Å². The average Bonchev–Trinajstić information content (AvgIpc) is 3.07. The van der Waals surface area contributed by atoms with Crippen LogP contribution in [0.1, 0.15) is 22.4 Å². The zero-order valence-corrected chi connectivity index (χ0v) is 13.0. The molecule has 2 aromatic heterocycles. The van der Waals surface area contributed by atoms with Gasteiger partial charge in [0.05, 0.1) is 11.9 Å². The van der Waals surface area contributed by atoms with E-state index in [1.807, 2.05) is 12.1 Å². The fraction of sp³-hybridized carbons (Fsp3) is 0.235. The van der Waals surface area contributed by atoms with Gasteiger partial charge in [-0.2, -0.15) is 15.4 Å². The van der Waals surface area contributed by atoms with E-state index in [1.54, 1.807) is 13.3 Å². The molecule has 22 heavy (non-hydrogen) atoms. The van der Waals surface area contributed by atoms with Gasteiger partial charge < -0.3 is 4.57 Å². The number of aryl methyl sites for hydroxylation is 2. The van der Waals surface area contributed by atoms with Gasteiger partial charge in [0.15, 0.2) is 0 Å². The Bertz CT molecular complexity index is 790. The zero-order chi connectivity index (χ0) is 15.5. The monoisotopic (exact) mass is 293 g/mol. The summed E-state index contributed by atoms with van der Waals surface area (Å²) in [5.41, 5.74) is 6.45. The van der Waals surface area contributed by atoms with E-state index in [4.69, 9.17) is 0 Å². The van der Waals surface area contributed by atoms with E-state index in [-0.39, 0.29) is 0 Å². The Morgan fingerprint density at radius 2 is 1.95 bits per heavy atom. The van der Waals surface area contributed by atoms with Crippen LogP contribution in [0.5, 0.6) is 0 Å². The molecule has 0 bridgehead atoms. The quantitative estimate of drug-likeness (QED) is 0.752. The first-order valence-corrected chi connectivity index (χ1v) is 7.23. The van der Waals surface area contributed by atoms with E-state index in [0.717, 1.165) is 23.6 Å². The van der Waals surface area contributed by atoms with E-state index in [9.17, 15) is 0 Å². The molecule has 3 aromatic rings. The van der Waals surface area contributed by atoms with Crippen LogP contribution in [0, 0.1) is 13.8 Å². The highest BCUT2D eigenvalue weighted by Crippen LogP contribution is 2.21. The lowest BCUT2D eigenvalue weighted by Crippen LogP contribution is -2.02. The summed E-state index contributed by atoms with van der Waals surface area (Å²) in [6.45, 7) is 5.06. The molecule has 5 nitrogen and oxygen atoms in total. The number of aromatic nitrogens is 4. The molecule has 3 rings (SSSR count). The topological polar surface area (TPSA) is 58.9 Å². The van der Waals surface area contributed by atoms with Gasteiger partial charge in [-0.1, -0.05) is 29.3 Å². The third-order valence-corrected chi connectivity index (χ3v) is 3.53. The van der Waals surface area contributed by atoms with Crippen molar-refractivity contribution in [3.05, 3.63) is 58.9 Å². The normalized spacial score (nSPS) is 11.4. The number of benzene rings is 1. The molecule has 0 saturated carbocycles. The molecule has 0 spiro atoms. The molecular formula is C17H19N5.